The molecular formula is C12H18N4O2. The van der Waals surface area contributed by atoms with Crippen LogP contribution in [0.25, 0.3) is 0 Å². The summed E-state index contributed by atoms with van der Waals surface area (Å²) in [6.45, 7) is 1.71. The average Bonchev–Trinajstić information content (AvgIpc) is 2.31. The molecule has 1 aromatic heterocycles. The zero-order valence-electron chi connectivity index (χ0n) is 10.4. The molecular weight excluding hydrogens is 232 g/mol. The first-order chi connectivity index (χ1) is 8.59. The molecule has 1 saturated carbocycles. The van der Waals surface area contributed by atoms with Gasteiger partial charge in [-0.05, 0) is 25.8 Å². The molecule has 6 heteroatoms. The molecule has 1 heterocycles. The maximum atomic E-state index is 11.1. The molecule has 0 unspecified atom stereocenters. The Hall–Kier alpha value is -1.69. The van der Waals surface area contributed by atoms with Crippen LogP contribution in [-0.4, -0.2) is 22.0 Å². The van der Waals surface area contributed by atoms with Crippen LogP contribution < -0.4 is 11.1 Å². The lowest BCUT2D eigenvalue weighted by Gasteiger charge is -2.29. The summed E-state index contributed by atoms with van der Waals surface area (Å²) >= 11 is 0. The SMILES string of the molecule is Cc1ccnc(N[C@@H]2CCCC[C@H]2N)c1[N+](=O)[O-]. The van der Waals surface area contributed by atoms with Gasteiger partial charge in [0.1, 0.15) is 0 Å². The minimum atomic E-state index is -0.390. The third-order valence-corrected chi connectivity index (χ3v) is 3.45. The predicted molar refractivity (Wildman–Crippen MR) is 69.5 cm³/mol. The number of nitrogens with one attached hydrogen (secondary N) is 1. The van der Waals surface area contributed by atoms with E-state index in [9.17, 15) is 10.1 Å². The van der Waals surface area contributed by atoms with E-state index in [4.69, 9.17) is 5.73 Å². The van der Waals surface area contributed by atoms with Crippen molar-refractivity contribution in [2.24, 2.45) is 5.73 Å². The number of aryl methyl sites for hydroxylation is 1. The van der Waals surface area contributed by atoms with Gasteiger partial charge in [-0.3, -0.25) is 10.1 Å². The van der Waals surface area contributed by atoms with Gasteiger partial charge < -0.3 is 11.1 Å². The third kappa shape index (κ3) is 2.59. The van der Waals surface area contributed by atoms with Gasteiger partial charge in [0.25, 0.3) is 0 Å². The largest absolute Gasteiger partial charge is 0.360 e. The van der Waals surface area contributed by atoms with Crippen molar-refractivity contribution in [2.45, 2.75) is 44.7 Å². The molecule has 6 nitrogen and oxygen atoms in total. The van der Waals surface area contributed by atoms with Gasteiger partial charge in [-0.15, -0.1) is 0 Å². The van der Waals surface area contributed by atoms with Crippen molar-refractivity contribution in [3.63, 3.8) is 0 Å². The van der Waals surface area contributed by atoms with E-state index in [0.29, 0.717) is 11.4 Å². The van der Waals surface area contributed by atoms with Crippen molar-refractivity contribution >= 4 is 11.5 Å². The fourth-order valence-electron chi connectivity index (χ4n) is 2.40. The number of nitrogens with zero attached hydrogens (tertiary/aromatic N) is 2. The van der Waals surface area contributed by atoms with Crippen molar-refractivity contribution in [1.29, 1.82) is 0 Å². The molecule has 2 rings (SSSR count). The number of rotatable bonds is 3. The van der Waals surface area contributed by atoms with Gasteiger partial charge in [0, 0.05) is 23.8 Å². The second-order valence-electron chi connectivity index (χ2n) is 4.78. The van der Waals surface area contributed by atoms with Gasteiger partial charge in [0.05, 0.1) is 4.92 Å². The Morgan fingerprint density at radius 2 is 2.22 bits per heavy atom. The van der Waals surface area contributed by atoms with Gasteiger partial charge in [-0.1, -0.05) is 12.8 Å². The maximum Gasteiger partial charge on any atom is 0.314 e. The van der Waals surface area contributed by atoms with Crippen molar-refractivity contribution in [3.05, 3.63) is 27.9 Å². The normalized spacial score (nSPS) is 23.7. The number of nitro groups is 1. The van der Waals surface area contributed by atoms with E-state index in [2.05, 4.69) is 10.3 Å². The zero-order valence-corrected chi connectivity index (χ0v) is 10.4. The van der Waals surface area contributed by atoms with Crippen LogP contribution in [0.4, 0.5) is 11.5 Å². The summed E-state index contributed by atoms with van der Waals surface area (Å²) in [5.74, 6) is 0.336. The predicted octanol–water partition coefficient (Wildman–Crippen LogP) is 1.98. The Labute approximate surface area is 106 Å². The van der Waals surface area contributed by atoms with Crippen molar-refractivity contribution in [3.8, 4) is 0 Å². The lowest BCUT2D eigenvalue weighted by Crippen LogP contribution is -2.42. The number of aromatic nitrogens is 1. The molecule has 1 aliphatic carbocycles. The summed E-state index contributed by atoms with van der Waals surface area (Å²) in [6, 6.07) is 1.76. The van der Waals surface area contributed by atoms with Gasteiger partial charge in [-0.2, -0.15) is 0 Å². The first-order valence-electron chi connectivity index (χ1n) is 6.21. The first kappa shape index (κ1) is 12.8. The van der Waals surface area contributed by atoms with Crippen LogP contribution in [0.3, 0.4) is 0 Å². The molecule has 0 radical (unpaired) electrons. The van der Waals surface area contributed by atoms with Gasteiger partial charge in [0.2, 0.25) is 5.82 Å². The molecule has 0 aromatic carbocycles. The summed E-state index contributed by atoms with van der Waals surface area (Å²) in [7, 11) is 0. The molecule has 1 aliphatic rings. The summed E-state index contributed by atoms with van der Waals surface area (Å²) in [6.07, 6.45) is 5.71. The zero-order chi connectivity index (χ0) is 13.1. The number of anilines is 1. The van der Waals surface area contributed by atoms with E-state index in [1.165, 1.54) is 0 Å². The van der Waals surface area contributed by atoms with Crippen molar-refractivity contribution in [2.75, 3.05) is 5.32 Å². The second kappa shape index (κ2) is 5.30. The molecule has 0 amide bonds. The molecule has 0 aliphatic heterocycles. The highest BCUT2D eigenvalue weighted by Crippen LogP contribution is 2.28. The fraction of sp³-hybridized carbons (Fsp3) is 0.583. The Morgan fingerprint density at radius 3 is 2.89 bits per heavy atom. The Balaban J connectivity index is 2.23. The number of nitrogens with two attached hydrogens (primary N) is 1. The number of hydrogen-bond donors (Lipinski definition) is 2. The highest BCUT2D eigenvalue weighted by molar-refractivity contribution is 5.60. The van der Waals surface area contributed by atoms with Crippen LogP contribution in [0.1, 0.15) is 31.2 Å². The molecule has 18 heavy (non-hydrogen) atoms. The standard InChI is InChI=1S/C12H18N4O2/c1-8-6-7-14-12(11(8)16(17)18)15-10-5-3-2-4-9(10)13/h6-7,9-10H,2-5,13H2,1H3,(H,14,15)/t9-,10-/m1/s1. The van der Waals surface area contributed by atoms with Crippen molar-refractivity contribution < 1.29 is 4.92 Å². The lowest BCUT2D eigenvalue weighted by molar-refractivity contribution is -0.384. The lowest BCUT2D eigenvalue weighted by atomic mass is 9.91. The quantitative estimate of drug-likeness (QED) is 0.632. The molecule has 1 fully saturated rings. The third-order valence-electron chi connectivity index (χ3n) is 3.45. The molecule has 0 bridgehead atoms. The van der Waals surface area contributed by atoms with Crippen LogP contribution >= 0.6 is 0 Å². The van der Waals surface area contributed by atoms with Crippen LogP contribution in [-0.2, 0) is 0 Å². The molecule has 98 valence electrons. The minimum absolute atomic E-state index is 0.0423. The van der Waals surface area contributed by atoms with Gasteiger partial charge in [0.15, 0.2) is 0 Å². The van der Waals surface area contributed by atoms with Crippen LogP contribution in [0.2, 0.25) is 0 Å². The highest BCUT2D eigenvalue weighted by Gasteiger charge is 2.26. The topological polar surface area (TPSA) is 94.1 Å². The van der Waals surface area contributed by atoms with Crippen molar-refractivity contribution in [1.82, 2.24) is 4.98 Å². The summed E-state index contributed by atoms with van der Waals surface area (Å²) in [4.78, 5) is 14.8. The average molecular weight is 250 g/mol. The van der Waals surface area contributed by atoms with E-state index in [0.717, 1.165) is 25.7 Å². The van der Waals surface area contributed by atoms with E-state index in [-0.39, 0.29) is 22.7 Å². The molecule has 1 aromatic rings. The smallest absolute Gasteiger partial charge is 0.314 e. The molecule has 3 N–H and O–H groups in total. The Bertz CT molecular complexity index is 450. The highest BCUT2D eigenvalue weighted by atomic mass is 16.6. The van der Waals surface area contributed by atoms with E-state index >= 15 is 0 Å². The molecule has 0 saturated heterocycles. The maximum absolute atomic E-state index is 11.1. The van der Waals surface area contributed by atoms with Crippen LogP contribution in [0, 0.1) is 17.0 Å². The van der Waals surface area contributed by atoms with Gasteiger partial charge >= 0.3 is 5.69 Å². The Morgan fingerprint density at radius 1 is 1.50 bits per heavy atom. The summed E-state index contributed by atoms with van der Waals surface area (Å²) in [5, 5.41) is 14.2. The number of pyridine rings is 1. The van der Waals surface area contributed by atoms with E-state index in [1.807, 2.05) is 0 Å². The fourth-order valence-corrected chi connectivity index (χ4v) is 2.40. The van der Waals surface area contributed by atoms with E-state index in [1.54, 1.807) is 19.2 Å². The number of hydrogen-bond acceptors (Lipinski definition) is 5. The summed E-state index contributed by atoms with van der Waals surface area (Å²) < 4.78 is 0. The minimum Gasteiger partial charge on any atom is -0.360 e. The molecule has 0 spiro atoms. The van der Waals surface area contributed by atoms with Crippen LogP contribution in [0.15, 0.2) is 12.3 Å². The van der Waals surface area contributed by atoms with Gasteiger partial charge in [-0.25, -0.2) is 4.98 Å². The van der Waals surface area contributed by atoms with E-state index < -0.39 is 0 Å². The molecule has 2 atom stereocenters. The van der Waals surface area contributed by atoms with Crippen LogP contribution in [0.5, 0.6) is 0 Å². The first-order valence-corrected chi connectivity index (χ1v) is 6.21. The Kier molecular flexibility index (Phi) is 3.76. The monoisotopic (exact) mass is 250 g/mol. The second-order valence-corrected chi connectivity index (χ2v) is 4.78. The summed E-state index contributed by atoms with van der Waals surface area (Å²) in [5.41, 5.74) is 6.69.